The molecule has 0 atom stereocenters. The lowest BCUT2D eigenvalue weighted by Gasteiger charge is -2.32. The van der Waals surface area contributed by atoms with E-state index in [0.717, 1.165) is 18.8 Å². The van der Waals surface area contributed by atoms with Crippen molar-refractivity contribution in [3.63, 3.8) is 0 Å². The van der Waals surface area contributed by atoms with Gasteiger partial charge in [-0.25, -0.2) is 9.37 Å². The molecule has 0 bridgehead atoms. The highest BCUT2D eigenvalue weighted by molar-refractivity contribution is 6.31. The number of aromatic nitrogens is 3. The van der Waals surface area contributed by atoms with Gasteiger partial charge in [-0.3, -0.25) is 9.78 Å². The van der Waals surface area contributed by atoms with Crippen LogP contribution in [-0.2, 0) is 11.3 Å². The number of carbonyl (C=O) groups excluding carboxylic acids is 1. The predicted octanol–water partition coefficient (Wildman–Crippen LogP) is 4.38. The van der Waals surface area contributed by atoms with Crippen molar-refractivity contribution >= 4 is 51.4 Å². The summed E-state index contributed by atoms with van der Waals surface area (Å²) in [6.07, 6.45) is 4.96. The lowest BCUT2D eigenvalue weighted by Crippen LogP contribution is -2.48. The fraction of sp³-hybridized carbons (Fsp3) is 0.259. The van der Waals surface area contributed by atoms with Crippen LogP contribution in [0.4, 0.5) is 27.4 Å². The molecular formula is C27H26ClFN8O. The van der Waals surface area contributed by atoms with Gasteiger partial charge in [-0.2, -0.15) is 5.26 Å². The molecule has 1 aliphatic rings. The fourth-order valence-corrected chi connectivity index (χ4v) is 4.65. The average Bonchev–Trinajstić information content (AvgIpc) is 3.38. The van der Waals surface area contributed by atoms with Crippen molar-refractivity contribution in [2.75, 3.05) is 50.5 Å². The Morgan fingerprint density at radius 2 is 1.97 bits per heavy atom. The van der Waals surface area contributed by atoms with Crippen molar-refractivity contribution in [2.45, 2.75) is 6.54 Å². The lowest BCUT2D eigenvalue weighted by atomic mass is 10.1. The van der Waals surface area contributed by atoms with Crippen molar-refractivity contribution in [2.24, 2.45) is 0 Å². The van der Waals surface area contributed by atoms with E-state index in [2.05, 4.69) is 33.3 Å². The Balaban J connectivity index is 1.45. The first-order valence-electron chi connectivity index (χ1n) is 12.1. The van der Waals surface area contributed by atoms with Crippen molar-refractivity contribution < 1.29 is 9.18 Å². The molecule has 11 heteroatoms. The number of anilines is 4. The summed E-state index contributed by atoms with van der Waals surface area (Å²) in [5, 5.41) is 13.6. The smallest absolute Gasteiger partial charge is 0.242 e. The van der Waals surface area contributed by atoms with Crippen LogP contribution >= 0.6 is 11.6 Å². The van der Waals surface area contributed by atoms with Crippen LogP contribution in [0, 0.1) is 17.1 Å². The van der Waals surface area contributed by atoms with Crippen molar-refractivity contribution in [3.8, 4) is 6.07 Å². The molecule has 0 unspecified atom stereocenters. The molecule has 1 N–H and O–H groups in total. The minimum absolute atomic E-state index is 0.0229. The zero-order chi connectivity index (χ0) is 26.8. The van der Waals surface area contributed by atoms with E-state index in [4.69, 9.17) is 11.6 Å². The van der Waals surface area contributed by atoms with Gasteiger partial charge in [-0.15, -0.1) is 0 Å². The summed E-state index contributed by atoms with van der Waals surface area (Å²) >= 11 is 5.97. The minimum Gasteiger partial charge on any atom is -0.354 e. The Hall–Kier alpha value is -4.20. The molecule has 4 aromatic rings. The fourth-order valence-electron chi connectivity index (χ4n) is 4.47. The standard InChI is InChI=1S/C27H26ClFN8O/c1-34-9-11-36(12-10-34)25(38)17-37-8-7-31-27(37)35(2)20-4-6-24-21(14-20)26(18(15-30)16-32-24)33-19-3-5-23(29)22(28)13-19/h3-8,13-14,16H,9-12,17H2,1-2H3,(H,32,33). The zero-order valence-electron chi connectivity index (χ0n) is 21.0. The third-order valence-electron chi connectivity index (χ3n) is 6.70. The lowest BCUT2D eigenvalue weighted by molar-refractivity contribution is -0.133. The van der Waals surface area contributed by atoms with Gasteiger partial charge in [0.05, 0.1) is 21.8 Å². The number of halogens is 2. The van der Waals surface area contributed by atoms with Gasteiger partial charge in [-0.1, -0.05) is 11.6 Å². The molecule has 2 aromatic carbocycles. The first-order valence-corrected chi connectivity index (χ1v) is 12.5. The van der Waals surface area contributed by atoms with Gasteiger partial charge < -0.3 is 24.6 Å². The summed E-state index contributed by atoms with van der Waals surface area (Å²) in [6, 6.07) is 12.1. The monoisotopic (exact) mass is 532 g/mol. The molecule has 38 heavy (non-hydrogen) atoms. The highest BCUT2D eigenvalue weighted by Gasteiger charge is 2.21. The minimum atomic E-state index is -0.525. The second kappa shape index (κ2) is 10.7. The second-order valence-corrected chi connectivity index (χ2v) is 9.62. The summed E-state index contributed by atoms with van der Waals surface area (Å²) in [6.45, 7) is 3.33. The van der Waals surface area contributed by atoms with Crippen LogP contribution in [0.5, 0.6) is 0 Å². The van der Waals surface area contributed by atoms with Crippen LogP contribution in [0.1, 0.15) is 5.56 Å². The molecule has 0 aliphatic carbocycles. The summed E-state index contributed by atoms with van der Waals surface area (Å²) < 4.78 is 15.5. The number of benzene rings is 2. The first-order chi connectivity index (χ1) is 18.3. The second-order valence-electron chi connectivity index (χ2n) is 9.21. The van der Waals surface area contributed by atoms with Crippen molar-refractivity contribution in [1.82, 2.24) is 24.3 Å². The van der Waals surface area contributed by atoms with Crippen LogP contribution in [0.15, 0.2) is 55.0 Å². The third-order valence-corrected chi connectivity index (χ3v) is 6.99. The van der Waals surface area contributed by atoms with E-state index in [1.54, 1.807) is 18.5 Å². The van der Waals surface area contributed by atoms with Crippen LogP contribution in [-0.4, -0.2) is 70.5 Å². The van der Waals surface area contributed by atoms with Crippen LogP contribution in [0.25, 0.3) is 10.9 Å². The van der Waals surface area contributed by atoms with Gasteiger partial charge in [0.2, 0.25) is 11.9 Å². The molecule has 194 valence electrons. The molecule has 0 saturated carbocycles. The topological polar surface area (TPSA) is 93.3 Å². The number of fused-ring (bicyclic) bond motifs is 1. The summed E-state index contributed by atoms with van der Waals surface area (Å²) in [5.74, 6) is 0.135. The van der Waals surface area contributed by atoms with Gasteiger partial charge in [0.15, 0.2) is 0 Å². The van der Waals surface area contributed by atoms with E-state index in [-0.39, 0.29) is 17.5 Å². The average molecular weight is 533 g/mol. The molecule has 3 heterocycles. The Labute approximate surface area is 224 Å². The number of carbonyl (C=O) groups is 1. The van der Waals surface area contributed by atoms with Gasteiger partial charge in [0.1, 0.15) is 18.4 Å². The molecule has 9 nitrogen and oxygen atoms in total. The molecule has 1 saturated heterocycles. The van der Waals surface area contributed by atoms with Crippen LogP contribution < -0.4 is 10.2 Å². The number of amides is 1. The maximum Gasteiger partial charge on any atom is 0.242 e. The Morgan fingerprint density at radius 1 is 1.18 bits per heavy atom. The van der Waals surface area contributed by atoms with Crippen molar-refractivity contribution in [3.05, 3.63) is 71.4 Å². The molecule has 2 aromatic heterocycles. The number of hydrogen-bond donors (Lipinski definition) is 1. The maximum absolute atomic E-state index is 13.7. The Kier molecular flexibility index (Phi) is 7.13. The number of nitrogens with zero attached hydrogens (tertiary/aromatic N) is 7. The normalized spacial score (nSPS) is 13.9. The predicted molar refractivity (Wildman–Crippen MR) is 146 cm³/mol. The SMILES string of the molecule is CN1CCN(C(=O)Cn2ccnc2N(C)c2ccc3ncc(C#N)c(Nc4ccc(F)c(Cl)c4)c3c2)CC1. The molecule has 0 spiro atoms. The van der Waals surface area contributed by atoms with Gasteiger partial charge >= 0.3 is 0 Å². The molecule has 1 fully saturated rings. The Bertz CT molecular complexity index is 1540. The highest BCUT2D eigenvalue weighted by atomic mass is 35.5. The summed E-state index contributed by atoms with van der Waals surface area (Å²) in [4.78, 5) is 27.9. The summed E-state index contributed by atoms with van der Waals surface area (Å²) in [7, 11) is 3.92. The number of likely N-dealkylation sites (N-methyl/N-ethyl adjacent to an activating group) is 1. The quantitative estimate of drug-likeness (QED) is 0.394. The van der Waals surface area contributed by atoms with Crippen LogP contribution in [0.2, 0.25) is 5.02 Å². The van der Waals surface area contributed by atoms with Gasteiger partial charge in [0, 0.05) is 68.6 Å². The van der Waals surface area contributed by atoms with E-state index in [0.29, 0.717) is 46.9 Å². The highest BCUT2D eigenvalue weighted by Crippen LogP contribution is 2.34. The number of imidazole rings is 1. The van der Waals surface area contributed by atoms with Crippen LogP contribution in [0.3, 0.4) is 0 Å². The van der Waals surface area contributed by atoms with E-state index in [9.17, 15) is 14.4 Å². The summed E-state index contributed by atoms with van der Waals surface area (Å²) in [5.41, 5.74) is 2.86. The Morgan fingerprint density at radius 3 is 2.71 bits per heavy atom. The first kappa shape index (κ1) is 25.4. The molecule has 1 amide bonds. The molecule has 0 radical (unpaired) electrons. The van der Waals surface area contributed by atoms with E-state index in [1.807, 2.05) is 39.6 Å². The third kappa shape index (κ3) is 5.11. The van der Waals surface area contributed by atoms with Gasteiger partial charge in [0.25, 0.3) is 0 Å². The van der Waals surface area contributed by atoms with Gasteiger partial charge in [-0.05, 0) is 43.4 Å². The number of hydrogen-bond acceptors (Lipinski definition) is 7. The number of nitrogens with one attached hydrogen (secondary N) is 1. The molecular weight excluding hydrogens is 507 g/mol. The molecule has 5 rings (SSSR count). The zero-order valence-corrected chi connectivity index (χ0v) is 21.8. The van der Waals surface area contributed by atoms with E-state index in [1.165, 1.54) is 18.3 Å². The van der Waals surface area contributed by atoms with Crippen molar-refractivity contribution in [1.29, 1.82) is 5.26 Å². The van der Waals surface area contributed by atoms with E-state index >= 15 is 0 Å². The maximum atomic E-state index is 13.7. The number of piperazine rings is 1. The largest absolute Gasteiger partial charge is 0.354 e. The number of rotatable bonds is 6. The van der Waals surface area contributed by atoms with E-state index < -0.39 is 5.82 Å². The molecule has 1 aliphatic heterocycles. The number of nitriles is 1. The number of pyridine rings is 1.